The molecule has 2 amide bonds. The molecule has 0 radical (unpaired) electrons. The number of fused-ring (bicyclic) bond motifs is 4. The number of amides is 2. The Morgan fingerprint density at radius 1 is 1.04 bits per heavy atom. The molecule has 5 rings (SSSR count). The number of nitrogens with one attached hydrogen (secondary N) is 2. The summed E-state index contributed by atoms with van der Waals surface area (Å²) >= 11 is 0. The number of carbonyl (C=O) groups is 3. The van der Waals surface area contributed by atoms with E-state index in [0.717, 1.165) is 22.3 Å². The molecule has 0 saturated heterocycles. The van der Waals surface area contributed by atoms with E-state index in [9.17, 15) is 32.7 Å². The van der Waals surface area contributed by atoms with E-state index in [2.05, 4.69) is 10.6 Å². The summed E-state index contributed by atoms with van der Waals surface area (Å²) in [5, 5.41) is 16.7. The van der Waals surface area contributed by atoms with E-state index in [4.69, 9.17) is 4.74 Å². The zero-order valence-corrected chi connectivity index (χ0v) is 25.4. The minimum absolute atomic E-state index is 0.0202. The van der Waals surface area contributed by atoms with Gasteiger partial charge in [-0.05, 0) is 85.6 Å². The van der Waals surface area contributed by atoms with Gasteiger partial charge in [-0.1, -0.05) is 36.8 Å². The summed E-state index contributed by atoms with van der Waals surface area (Å²) in [6, 6.07) is 6.62. The first-order valence-corrected chi connectivity index (χ1v) is 15.5. The fourth-order valence-electron chi connectivity index (χ4n) is 8.34. The number of esters is 1. The molecule has 1 aromatic rings. The maximum absolute atomic E-state index is 15.2. The number of ether oxygens (including phenoxy) is 1. The Balaban J connectivity index is 1.42. The lowest BCUT2D eigenvalue weighted by molar-refractivity contribution is -0.362. The van der Waals surface area contributed by atoms with Crippen LogP contribution in [0.25, 0.3) is 0 Å². The second-order valence-electron chi connectivity index (χ2n) is 12.9. The molecule has 0 bridgehead atoms. The van der Waals surface area contributed by atoms with Crippen LogP contribution in [0.15, 0.2) is 47.1 Å². The second kappa shape index (κ2) is 12.1. The lowest BCUT2D eigenvalue weighted by atomic mass is 9.50. The van der Waals surface area contributed by atoms with Crippen LogP contribution in [-0.4, -0.2) is 53.7 Å². The van der Waals surface area contributed by atoms with Crippen molar-refractivity contribution < 1.29 is 46.2 Å². The Hall–Kier alpha value is -3.28. The highest BCUT2D eigenvalue weighted by Gasteiger charge is 2.79. The van der Waals surface area contributed by atoms with Crippen LogP contribution >= 0.6 is 0 Å². The van der Waals surface area contributed by atoms with Crippen molar-refractivity contribution >= 4 is 17.8 Å². The highest BCUT2D eigenvalue weighted by atomic mass is 19.4. The minimum Gasteiger partial charge on any atom is -0.466 e. The molecular formula is C33H39F5N2O5. The van der Waals surface area contributed by atoms with Gasteiger partial charge in [0, 0.05) is 30.8 Å². The maximum Gasteiger partial charge on any atom is 0.456 e. The monoisotopic (exact) mass is 638 g/mol. The molecule has 4 aliphatic rings. The van der Waals surface area contributed by atoms with E-state index in [1.165, 1.54) is 6.92 Å². The summed E-state index contributed by atoms with van der Waals surface area (Å²) in [4.78, 5) is 35.8. The minimum atomic E-state index is -5.90. The molecule has 2 saturated carbocycles. The van der Waals surface area contributed by atoms with E-state index >= 15 is 8.78 Å². The van der Waals surface area contributed by atoms with Gasteiger partial charge in [0.1, 0.15) is 5.60 Å². The van der Waals surface area contributed by atoms with Crippen LogP contribution in [0.4, 0.5) is 26.7 Å². The molecule has 4 aliphatic carbocycles. The summed E-state index contributed by atoms with van der Waals surface area (Å²) in [5.74, 6) is -7.10. The maximum atomic E-state index is 15.2. The molecule has 7 nitrogen and oxygen atoms in total. The van der Waals surface area contributed by atoms with Gasteiger partial charge >= 0.3 is 24.1 Å². The number of rotatable bonds is 8. The van der Waals surface area contributed by atoms with Crippen LogP contribution < -0.4 is 10.6 Å². The summed E-state index contributed by atoms with van der Waals surface area (Å²) in [6.07, 6.45) is -3.08. The quantitative estimate of drug-likeness (QED) is 0.230. The number of benzene rings is 1. The smallest absolute Gasteiger partial charge is 0.456 e. The summed E-state index contributed by atoms with van der Waals surface area (Å²) in [6.45, 7) is 3.59. The topological polar surface area (TPSA) is 105 Å². The summed E-state index contributed by atoms with van der Waals surface area (Å²) < 4.78 is 76.4. The molecule has 3 N–H and O–H groups in total. The van der Waals surface area contributed by atoms with Crippen LogP contribution in [0.1, 0.15) is 82.3 Å². The van der Waals surface area contributed by atoms with Gasteiger partial charge < -0.3 is 20.5 Å². The molecule has 0 spiro atoms. The highest BCUT2D eigenvalue weighted by molar-refractivity contribution is 5.93. The molecule has 246 valence electrons. The molecule has 2 fully saturated rings. The van der Waals surface area contributed by atoms with Crippen molar-refractivity contribution in [2.75, 3.05) is 13.2 Å². The lowest BCUT2D eigenvalue weighted by Gasteiger charge is -2.56. The molecule has 5 atom stereocenters. The Morgan fingerprint density at radius 3 is 2.42 bits per heavy atom. The van der Waals surface area contributed by atoms with Gasteiger partial charge in [-0.15, -0.1) is 0 Å². The van der Waals surface area contributed by atoms with Crippen LogP contribution in [0.2, 0.25) is 0 Å². The van der Waals surface area contributed by atoms with Crippen LogP contribution in [0.5, 0.6) is 0 Å². The third-order valence-corrected chi connectivity index (χ3v) is 10.5. The van der Waals surface area contributed by atoms with Crippen molar-refractivity contribution in [1.82, 2.24) is 10.6 Å². The fourth-order valence-corrected chi connectivity index (χ4v) is 8.34. The molecule has 0 aromatic heterocycles. The number of urea groups is 1. The van der Waals surface area contributed by atoms with Crippen molar-refractivity contribution in [3.05, 3.63) is 58.2 Å². The van der Waals surface area contributed by atoms with E-state index in [-0.39, 0.29) is 50.7 Å². The van der Waals surface area contributed by atoms with Gasteiger partial charge in [0.05, 0.1) is 13.0 Å². The van der Waals surface area contributed by atoms with Crippen molar-refractivity contribution in [2.45, 2.75) is 95.4 Å². The number of hydrogen-bond donors (Lipinski definition) is 3. The van der Waals surface area contributed by atoms with Gasteiger partial charge in [0.2, 0.25) is 0 Å². The van der Waals surface area contributed by atoms with Gasteiger partial charge in [0.25, 0.3) is 0 Å². The normalized spacial score (nSPS) is 29.7. The van der Waals surface area contributed by atoms with Crippen LogP contribution in [0, 0.1) is 17.3 Å². The highest BCUT2D eigenvalue weighted by Crippen LogP contribution is 2.70. The predicted octanol–water partition coefficient (Wildman–Crippen LogP) is 6.27. The number of ketones is 1. The zero-order valence-electron chi connectivity index (χ0n) is 25.4. The number of hydrogen-bond acceptors (Lipinski definition) is 5. The Bertz CT molecular complexity index is 1400. The van der Waals surface area contributed by atoms with E-state index in [1.807, 2.05) is 0 Å². The van der Waals surface area contributed by atoms with Crippen LogP contribution in [0.3, 0.4) is 0 Å². The average Bonchev–Trinajstić information content (AvgIpc) is 3.26. The molecule has 0 unspecified atom stereocenters. The molecule has 1 aromatic carbocycles. The van der Waals surface area contributed by atoms with E-state index in [1.54, 1.807) is 37.3 Å². The largest absolute Gasteiger partial charge is 0.466 e. The second-order valence-corrected chi connectivity index (χ2v) is 12.9. The van der Waals surface area contributed by atoms with Crippen molar-refractivity contribution in [3.63, 3.8) is 0 Å². The Morgan fingerprint density at radius 2 is 1.76 bits per heavy atom. The number of halogens is 5. The Labute approximate surface area is 258 Å². The first kappa shape index (κ1) is 33.1. The van der Waals surface area contributed by atoms with Gasteiger partial charge in [0.15, 0.2) is 5.78 Å². The summed E-state index contributed by atoms with van der Waals surface area (Å²) in [7, 11) is 0. The average molecular weight is 639 g/mol. The van der Waals surface area contributed by atoms with Crippen LogP contribution in [-0.2, 0) is 20.9 Å². The predicted molar refractivity (Wildman–Crippen MR) is 154 cm³/mol. The number of aliphatic hydroxyl groups is 1. The molecule has 45 heavy (non-hydrogen) atoms. The first-order valence-electron chi connectivity index (χ1n) is 15.5. The van der Waals surface area contributed by atoms with Gasteiger partial charge in [-0.2, -0.15) is 22.0 Å². The fraction of sp³-hybridized carbons (Fsp3) is 0.606. The SMILES string of the molecule is CCOC(=O)CCNC(=O)NCc1ccc([C@H]2C[C@@]3(C)[C@@H](CC[C@@]3(O)C(F)(F)C(F)(F)F)[C@@H]3CCC4=CC(=O)CCC4=C32)cc1. The lowest BCUT2D eigenvalue weighted by Crippen LogP contribution is -2.65. The van der Waals surface area contributed by atoms with Gasteiger partial charge in [-0.3, -0.25) is 9.59 Å². The number of carbonyl (C=O) groups excluding carboxylic acids is 3. The van der Waals surface area contributed by atoms with E-state index < -0.39 is 53.4 Å². The molecule has 0 aliphatic heterocycles. The third kappa shape index (κ3) is 5.79. The van der Waals surface area contributed by atoms with Crippen molar-refractivity contribution in [1.29, 1.82) is 0 Å². The van der Waals surface area contributed by atoms with Gasteiger partial charge in [-0.25, -0.2) is 4.79 Å². The zero-order chi connectivity index (χ0) is 32.8. The first-order chi connectivity index (χ1) is 21.1. The molecular weight excluding hydrogens is 599 g/mol. The van der Waals surface area contributed by atoms with Crippen molar-refractivity contribution in [2.24, 2.45) is 17.3 Å². The van der Waals surface area contributed by atoms with E-state index in [0.29, 0.717) is 31.2 Å². The molecule has 0 heterocycles. The number of allylic oxidation sites excluding steroid dienone is 4. The Kier molecular flexibility index (Phi) is 8.93. The summed E-state index contributed by atoms with van der Waals surface area (Å²) in [5.41, 5.74) is -0.640. The van der Waals surface area contributed by atoms with Crippen molar-refractivity contribution in [3.8, 4) is 0 Å². The number of alkyl halides is 5. The third-order valence-electron chi connectivity index (χ3n) is 10.5. The standard InChI is InChI=1S/C33H39F5N2O5/c1-3-45-27(42)13-15-39-29(43)40-18-19-4-6-20(7-5-19)25-17-30(2)26(12-14-31(30,44)32(34,35)33(36,37)38)24-10-8-21-16-22(41)9-11-23(21)28(24)25/h4-7,16,24-26,44H,3,8-15,17-18H2,1-2H3,(H2,39,40,43)/t24-,25+,26-,30-,31-/m0/s1. The molecule has 12 heteroatoms.